The van der Waals surface area contributed by atoms with Crippen molar-refractivity contribution in [1.29, 1.82) is 0 Å². The molecule has 0 radical (unpaired) electrons. The van der Waals surface area contributed by atoms with Crippen LogP contribution in [0.2, 0.25) is 0 Å². The molecule has 0 amide bonds. The summed E-state index contributed by atoms with van der Waals surface area (Å²) >= 11 is 0. The predicted octanol–water partition coefficient (Wildman–Crippen LogP) is 5.93. The topological polar surface area (TPSA) is 93.9 Å². The highest BCUT2D eigenvalue weighted by molar-refractivity contribution is 5.63. The van der Waals surface area contributed by atoms with Crippen LogP contribution in [-0.4, -0.2) is 23.3 Å². The van der Waals surface area contributed by atoms with E-state index in [0.29, 0.717) is 30.9 Å². The highest BCUT2D eigenvalue weighted by Crippen LogP contribution is 2.30. The standard InChI is InChI=1S/C27H27NO6/c1-2-8-19-17-23(33-21-10-4-3-5-11-21)13-14-24(19)32-16-7-15-31-22-12-6-9-20(18-22)25-26(29)28-27(30)34-25/h3-6,9-14,17-18,29H,2,7-8,15-16H2,1H3,(H,28,30). The molecule has 2 N–H and O–H groups in total. The zero-order valence-electron chi connectivity index (χ0n) is 19.0. The molecule has 0 unspecified atom stereocenters. The number of nitrogens with one attached hydrogen (secondary N) is 1. The van der Waals surface area contributed by atoms with Crippen LogP contribution in [0.1, 0.15) is 25.3 Å². The lowest BCUT2D eigenvalue weighted by Crippen LogP contribution is -2.06. The minimum absolute atomic E-state index is 0.0851. The van der Waals surface area contributed by atoms with E-state index >= 15 is 0 Å². The first kappa shape index (κ1) is 23.0. The Morgan fingerprint density at radius 3 is 2.44 bits per heavy atom. The molecule has 0 saturated heterocycles. The fourth-order valence-corrected chi connectivity index (χ4v) is 3.52. The number of oxazole rings is 1. The second kappa shape index (κ2) is 11.1. The van der Waals surface area contributed by atoms with Gasteiger partial charge in [-0.15, -0.1) is 0 Å². The highest BCUT2D eigenvalue weighted by Gasteiger charge is 2.12. The van der Waals surface area contributed by atoms with E-state index < -0.39 is 5.76 Å². The molecule has 1 heterocycles. The Labute approximate surface area is 197 Å². The Morgan fingerprint density at radius 2 is 1.68 bits per heavy atom. The monoisotopic (exact) mass is 461 g/mol. The fraction of sp³-hybridized carbons (Fsp3) is 0.222. The van der Waals surface area contributed by atoms with E-state index in [1.165, 1.54) is 0 Å². The number of aromatic nitrogens is 1. The van der Waals surface area contributed by atoms with Crippen LogP contribution in [0.15, 0.2) is 82.0 Å². The molecule has 4 rings (SSSR count). The molecule has 0 aliphatic carbocycles. The minimum atomic E-state index is -0.710. The van der Waals surface area contributed by atoms with Gasteiger partial charge in [0.15, 0.2) is 5.76 Å². The van der Waals surface area contributed by atoms with Crippen molar-refractivity contribution in [3.05, 3.63) is 88.9 Å². The lowest BCUT2D eigenvalue weighted by molar-refractivity contribution is 0.246. The number of ether oxygens (including phenoxy) is 3. The van der Waals surface area contributed by atoms with Crippen LogP contribution in [-0.2, 0) is 6.42 Å². The third kappa shape index (κ3) is 6.01. The van der Waals surface area contributed by atoms with Gasteiger partial charge in [-0.25, -0.2) is 4.79 Å². The van der Waals surface area contributed by atoms with Crippen molar-refractivity contribution in [2.75, 3.05) is 13.2 Å². The van der Waals surface area contributed by atoms with E-state index in [1.807, 2.05) is 48.5 Å². The smallest absolute Gasteiger partial charge is 0.419 e. The molecule has 0 aliphatic heterocycles. The molecule has 0 atom stereocenters. The summed E-state index contributed by atoms with van der Waals surface area (Å²) in [6.45, 7) is 3.09. The van der Waals surface area contributed by atoms with Gasteiger partial charge in [0.25, 0.3) is 0 Å². The van der Waals surface area contributed by atoms with Gasteiger partial charge in [-0.2, -0.15) is 0 Å². The first-order chi connectivity index (χ1) is 16.6. The molecule has 7 heteroatoms. The van der Waals surface area contributed by atoms with Crippen molar-refractivity contribution in [1.82, 2.24) is 4.98 Å². The summed E-state index contributed by atoms with van der Waals surface area (Å²) in [4.78, 5) is 13.5. The summed E-state index contributed by atoms with van der Waals surface area (Å²) in [5.41, 5.74) is 1.66. The molecule has 3 aromatic carbocycles. The van der Waals surface area contributed by atoms with Crippen molar-refractivity contribution in [2.45, 2.75) is 26.2 Å². The number of aryl methyl sites for hydroxylation is 1. The van der Waals surface area contributed by atoms with Crippen LogP contribution >= 0.6 is 0 Å². The van der Waals surface area contributed by atoms with Crippen LogP contribution < -0.4 is 20.0 Å². The third-order valence-corrected chi connectivity index (χ3v) is 5.07. The number of aromatic hydroxyl groups is 1. The normalized spacial score (nSPS) is 10.7. The van der Waals surface area contributed by atoms with Crippen molar-refractivity contribution in [2.24, 2.45) is 0 Å². The predicted molar refractivity (Wildman–Crippen MR) is 129 cm³/mol. The summed E-state index contributed by atoms with van der Waals surface area (Å²) < 4.78 is 22.7. The molecule has 0 fully saturated rings. The van der Waals surface area contributed by atoms with E-state index in [2.05, 4.69) is 11.9 Å². The number of H-pyrrole nitrogens is 1. The molecule has 0 spiro atoms. The number of aromatic amines is 1. The first-order valence-electron chi connectivity index (χ1n) is 11.3. The van der Waals surface area contributed by atoms with E-state index in [1.54, 1.807) is 24.3 Å². The van der Waals surface area contributed by atoms with Crippen molar-refractivity contribution < 1.29 is 23.7 Å². The summed E-state index contributed by atoms with van der Waals surface area (Å²) in [6.07, 6.45) is 2.58. The molecule has 34 heavy (non-hydrogen) atoms. The minimum Gasteiger partial charge on any atom is -0.493 e. The summed E-state index contributed by atoms with van der Waals surface area (Å²) in [7, 11) is 0. The van der Waals surface area contributed by atoms with E-state index in [-0.39, 0.29) is 11.6 Å². The van der Waals surface area contributed by atoms with Crippen LogP contribution in [0.5, 0.6) is 28.9 Å². The van der Waals surface area contributed by atoms with Gasteiger partial charge in [-0.3, -0.25) is 4.98 Å². The molecule has 1 aromatic heterocycles. The van der Waals surface area contributed by atoms with Gasteiger partial charge in [-0.05, 0) is 54.4 Å². The quantitative estimate of drug-likeness (QED) is 0.269. The molecule has 7 nitrogen and oxygen atoms in total. The van der Waals surface area contributed by atoms with Gasteiger partial charge in [0.2, 0.25) is 5.88 Å². The number of rotatable bonds is 11. The lowest BCUT2D eigenvalue weighted by atomic mass is 10.1. The maximum absolute atomic E-state index is 11.3. The summed E-state index contributed by atoms with van der Waals surface area (Å²) in [5, 5.41) is 9.77. The third-order valence-electron chi connectivity index (χ3n) is 5.07. The van der Waals surface area contributed by atoms with Gasteiger partial charge in [0, 0.05) is 12.0 Å². The van der Waals surface area contributed by atoms with Crippen molar-refractivity contribution >= 4 is 0 Å². The Bertz CT molecular complexity index is 1260. The van der Waals surface area contributed by atoms with Crippen molar-refractivity contribution in [3.8, 4) is 40.2 Å². The number of hydrogen-bond acceptors (Lipinski definition) is 6. The van der Waals surface area contributed by atoms with Crippen LogP contribution in [0.25, 0.3) is 11.3 Å². The lowest BCUT2D eigenvalue weighted by Gasteiger charge is -2.14. The number of benzene rings is 3. The van der Waals surface area contributed by atoms with Gasteiger partial charge >= 0.3 is 5.76 Å². The average molecular weight is 462 g/mol. The van der Waals surface area contributed by atoms with E-state index in [9.17, 15) is 9.90 Å². The van der Waals surface area contributed by atoms with Crippen LogP contribution in [0.3, 0.4) is 0 Å². The largest absolute Gasteiger partial charge is 0.493 e. The molecule has 4 aromatic rings. The molecule has 0 aliphatic rings. The van der Waals surface area contributed by atoms with Crippen molar-refractivity contribution in [3.63, 3.8) is 0 Å². The van der Waals surface area contributed by atoms with Crippen LogP contribution in [0, 0.1) is 0 Å². The zero-order valence-corrected chi connectivity index (χ0v) is 19.0. The highest BCUT2D eigenvalue weighted by atomic mass is 16.5. The van der Waals surface area contributed by atoms with Crippen LogP contribution in [0.4, 0.5) is 0 Å². The Kier molecular flexibility index (Phi) is 7.55. The molecule has 0 saturated carbocycles. The fourth-order valence-electron chi connectivity index (χ4n) is 3.52. The molecule has 176 valence electrons. The Morgan fingerprint density at radius 1 is 0.882 bits per heavy atom. The maximum atomic E-state index is 11.3. The van der Waals surface area contributed by atoms with Gasteiger partial charge in [0.1, 0.15) is 23.0 Å². The number of para-hydroxylation sites is 1. The second-order valence-corrected chi connectivity index (χ2v) is 7.71. The number of hydrogen-bond donors (Lipinski definition) is 2. The van der Waals surface area contributed by atoms with Gasteiger partial charge in [0.05, 0.1) is 13.2 Å². The molecular formula is C27H27NO6. The first-order valence-corrected chi connectivity index (χ1v) is 11.3. The molecular weight excluding hydrogens is 434 g/mol. The van der Waals surface area contributed by atoms with E-state index in [4.69, 9.17) is 18.6 Å². The Hall–Kier alpha value is -4.13. The maximum Gasteiger partial charge on any atom is 0.419 e. The SMILES string of the molecule is CCCc1cc(Oc2ccccc2)ccc1OCCCOc1cccc(-c2oc(=O)[nH]c2O)c1. The van der Waals surface area contributed by atoms with E-state index in [0.717, 1.165) is 35.7 Å². The molecule has 0 bridgehead atoms. The average Bonchev–Trinajstić information content (AvgIpc) is 3.19. The summed E-state index contributed by atoms with van der Waals surface area (Å²) in [6, 6.07) is 22.6. The summed E-state index contributed by atoms with van der Waals surface area (Å²) in [5.74, 6) is 2.11. The Balaban J connectivity index is 1.30. The zero-order chi connectivity index (χ0) is 23.8. The van der Waals surface area contributed by atoms with Gasteiger partial charge in [-0.1, -0.05) is 43.7 Å². The second-order valence-electron chi connectivity index (χ2n) is 7.71. The van der Waals surface area contributed by atoms with Gasteiger partial charge < -0.3 is 23.7 Å².